The molecule has 1 aromatic carbocycles. The lowest BCUT2D eigenvalue weighted by molar-refractivity contribution is -0.122. The van der Waals surface area contributed by atoms with Gasteiger partial charge in [0.1, 0.15) is 5.82 Å². The van der Waals surface area contributed by atoms with Crippen molar-refractivity contribution in [3.8, 4) is 0 Å². The summed E-state index contributed by atoms with van der Waals surface area (Å²) < 4.78 is 12.9. The molecule has 3 atom stereocenters. The zero-order valence-corrected chi connectivity index (χ0v) is 14.2. The van der Waals surface area contributed by atoms with E-state index < -0.39 is 0 Å². The maximum atomic E-state index is 12.9. The summed E-state index contributed by atoms with van der Waals surface area (Å²) in [6.45, 7) is 4.30. The molecule has 2 aliphatic heterocycles. The molecule has 0 radical (unpaired) electrons. The van der Waals surface area contributed by atoms with Crippen LogP contribution in [-0.2, 0) is 4.79 Å². The van der Waals surface area contributed by atoms with E-state index in [4.69, 9.17) is 0 Å². The zero-order valence-electron chi connectivity index (χ0n) is 13.4. The van der Waals surface area contributed by atoms with Crippen LogP contribution in [0.3, 0.4) is 0 Å². The number of hydrogen-bond donors (Lipinski definition) is 2. The number of halogens is 2. The van der Waals surface area contributed by atoms with E-state index in [0.29, 0.717) is 18.6 Å². The van der Waals surface area contributed by atoms with Crippen LogP contribution in [0.4, 0.5) is 4.39 Å². The molecule has 2 heterocycles. The number of nitrogens with zero attached hydrogens (tertiary/aromatic N) is 1. The second kappa shape index (κ2) is 8.08. The molecule has 6 heteroatoms. The number of amides is 1. The maximum Gasteiger partial charge on any atom is 0.234 e. The fourth-order valence-corrected chi connectivity index (χ4v) is 3.48. The minimum Gasteiger partial charge on any atom is -0.348 e. The summed E-state index contributed by atoms with van der Waals surface area (Å²) >= 11 is 0. The van der Waals surface area contributed by atoms with Crippen LogP contribution in [0.25, 0.3) is 0 Å². The molecule has 3 rings (SSSR count). The van der Waals surface area contributed by atoms with Gasteiger partial charge in [0.25, 0.3) is 0 Å². The molecule has 2 N–H and O–H groups in total. The molecule has 3 unspecified atom stereocenters. The summed E-state index contributed by atoms with van der Waals surface area (Å²) in [5.41, 5.74) is 0.923. The van der Waals surface area contributed by atoms with Gasteiger partial charge < -0.3 is 10.6 Å². The largest absolute Gasteiger partial charge is 0.348 e. The highest BCUT2D eigenvalue weighted by molar-refractivity contribution is 5.85. The summed E-state index contributed by atoms with van der Waals surface area (Å²) in [6, 6.07) is 7.36. The molecule has 0 spiro atoms. The molecule has 0 saturated carbocycles. The monoisotopic (exact) mass is 341 g/mol. The molecule has 128 valence electrons. The van der Waals surface area contributed by atoms with E-state index in [1.54, 1.807) is 12.1 Å². The number of benzene rings is 1. The molecular formula is C17H25ClFN3O. The van der Waals surface area contributed by atoms with Gasteiger partial charge in [-0.25, -0.2) is 4.39 Å². The second-order valence-electron chi connectivity index (χ2n) is 6.50. The van der Waals surface area contributed by atoms with Crippen LogP contribution in [0.1, 0.15) is 37.8 Å². The summed E-state index contributed by atoms with van der Waals surface area (Å²) in [5.74, 6) is -0.219. The molecule has 23 heavy (non-hydrogen) atoms. The van der Waals surface area contributed by atoms with Crippen LogP contribution in [0.2, 0.25) is 0 Å². The van der Waals surface area contributed by atoms with Crippen molar-refractivity contribution in [2.24, 2.45) is 0 Å². The number of carbonyl (C=O) groups is 1. The van der Waals surface area contributed by atoms with Crippen molar-refractivity contribution in [1.29, 1.82) is 0 Å². The van der Waals surface area contributed by atoms with Crippen LogP contribution < -0.4 is 10.6 Å². The van der Waals surface area contributed by atoms with Crippen molar-refractivity contribution in [3.63, 3.8) is 0 Å². The lowest BCUT2D eigenvalue weighted by Gasteiger charge is -2.24. The Labute approximate surface area is 143 Å². The first-order valence-electron chi connectivity index (χ1n) is 8.13. The van der Waals surface area contributed by atoms with Crippen molar-refractivity contribution in [2.75, 3.05) is 19.6 Å². The minimum absolute atomic E-state index is 0. The van der Waals surface area contributed by atoms with Crippen molar-refractivity contribution in [2.45, 2.75) is 44.3 Å². The van der Waals surface area contributed by atoms with E-state index in [-0.39, 0.29) is 30.2 Å². The number of carbonyl (C=O) groups excluding carboxylic acids is 1. The average Bonchev–Trinajstić information content (AvgIpc) is 2.82. The Kier molecular flexibility index (Phi) is 6.39. The number of likely N-dealkylation sites (tertiary alicyclic amines) is 1. The van der Waals surface area contributed by atoms with E-state index in [9.17, 15) is 9.18 Å². The van der Waals surface area contributed by atoms with Gasteiger partial charge in [-0.15, -0.1) is 12.4 Å². The van der Waals surface area contributed by atoms with E-state index in [1.165, 1.54) is 25.0 Å². The Balaban J connectivity index is 0.00000192. The number of hydrogen-bond acceptors (Lipinski definition) is 3. The second-order valence-corrected chi connectivity index (χ2v) is 6.50. The summed E-state index contributed by atoms with van der Waals surface area (Å²) in [7, 11) is 0. The molecule has 1 amide bonds. The van der Waals surface area contributed by atoms with Gasteiger partial charge >= 0.3 is 0 Å². The third-order valence-electron chi connectivity index (χ3n) is 4.72. The van der Waals surface area contributed by atoms with Gasteiger partial charge in [-0.05, 0) is 43.9 Å². The van der Waals surface area contributed by atoms with Crippen molar-refractivity contribution < 1.29 is 9.18 Å². The van der Waals surface area contributed by atoms with Crippen LogP contribution in [0.15, 0.2) is 24.3 Å². The molecule has 1 aromatic rings. The molecule has 2 fully saturated rings. The summed E-state index contributed by atoms with van der Waals surface area (Å²) in [6.07, 6.45) is 3.61. The molecule has 2 aliphatic rings. The Bertz CT molecular complexity index is 525. The third kappa shape index (κ3) is 4.90. The average molecular weight is 342 g/mol. The SMILES string of the molecule is CC(NC(=O)CN1CCC2CCC(C1)N2)c1ccc(F)cc1.Cl. The van der Waals surface area contributed by atoms with Gasteiger partial charge in [0, 0.05) is 25.2 Å². The van der Waals surface area contributed by atoms with Gasteiger partial charge in [0.15, 0.2) is 0 Å². The Morgan fingerprint density at radius 2 is 2.00 bits per heavy atom. The van der Waals surface area contributed by atoms with Crippen LogP contribution in [0, 0.1) is 5.82 Å². The molecule has 2 saturated heterocycles. The number of nitrogens with one attached hydrogen (secondary N) is 2. The Morgan fingerprint density at radius 3 is 2.74 bits per heavy atom. The molecule has 0 aromatic heterocycles. The Morgan fingerprint density at radius 1 is 1.30 bits per heavy atom. The van der Waals surface area contributed by atoms with Crippen LogP contribution in [0.5, 0.6) is 0 Å². The molecule has 0 aliphatic carbocycles. The predicted octanol–water partition coefficient (Wildman–Crippen LogP) is 2.25. The molecule has 4 nitrogen and oxygen atoms in total. The normalized spacial score (nSPS) is 25.3. The lowest BCUT2D eigenvalue weighted by Crippen LogP contribution is -2.42. The minimum atomic E-state index is -0.255. The molecule has 2 bridgehead atoms. The van der Waals surface area contributed by atoms with Gasteiger partial charge in [0.2, 0.25) is 5.91 Å². The zero-order chi connectivity index (χ0) is 15.5. The summed E-state index contributed by atoms with van der Waals surface area (Å²) in [5, 5.41) is 6.62. The first kappa shape index (κ1) is 18.2. The predicted molar refractivity (Wildman–Crippen MR) is 91.2 cm³/mol. The quantitative estimate of drug-likeness (QED) is 0.883. The molecular weight excluding hydrogens is 317 g/mol. The van der Waals surface area contributed by atoms with Crippen molar-refractivity contribution in [3.05, 3.63) is 35.6 Å². The number of rotatable bonds is 4. The third-order valence-corrected chi connectivity index (χ3v) is 4.72. The maximum absolute atomic E-state index is 12.9. The first-order valence-corrected chi connectivity index (χ1v) is 8.13. The van der Waals surface area contributed by atoms with Crippen LogP contribution >= 0.6 is 12.4 Å². The lowest BCUT2D eigenvalue weighted by atomic mass is 10.1. The fraction of sp³-hybridized carbons (Fsp3) is 0.588. The smallest absolute Gasteiger partial charge is 0.234 e. The van der Waals surface area contributed by atoms with Crippen LogP contribution in [-0.4, -0.2) is 42.5 Å². The van der Waals surface area contributed by atoms with E-state index in [1.807, 2.05) is 6.92 Å². The Hall–Kier alpha value is -1.17. The van der Waals surface area contributed by atoms with Crippen molar-refractivity contribution in [1.82, 2.24) is 15.5 Å². The van der Waals surface area contributed by atoms with E-state index >= 15 is 0 Å². The van der Waals surface area contributed by atoms with Crippen molar-refractivity contribution >= 4 is 18.3 Å². The highest BCUT2D eigenvalue weighted by atomic mass is 35.5. The van der Waals surface area contributed by atoms with Gasteiger partial charge in [0.05, 0.1) is 12.6 Å². The first-order chi connectivity index (χ1) is 10.6. The standard InChI is InChI=1S/C17H24FN3O.ClH/c1-12(13-2-4-14(18)5-3-13)19-17(22)11-21-9-8-15-6-7-16(10-21)20-15;/h2-5,12,15-16,20H,6-11H2,1H3,(H,19,22);1H. The summed E-state index contributed by atoms with van der Waals surface area (Å²) in [4.78, 5) is 14.5. The highest BCUT2D eigenvalue weighted by Crippen LogP contribution is 2.20. The van der Waals surface area contributed by atoms with E-state index in [0.717, 1.165) is 25.1 Å². The number of fused-ring (bicyclic) bond motifs is 2. The van der Waals surface area contributed by atoms with E-state index in [2.05, 4.69) is 15.5 Å². The van der Waals surface area contributed by atoms with Gasteiger partial charge in [-0.1, -0.05) is 12.1 Å². The van der Waals surface area contributed by atoms with Gasteiger partial charge in [-0.3, -0.25) is 9.69 Å². The highest BCUT2D eigenvalue weighted by Gasteiger charge is 2.29. The topological polar surface area (TPSA) is 44.4 Å². The fourth-order valence-electron chi connectivity index (χ4n) is 3.48. The van der Waals surface area contributed by atoms with Gasteiger partial charge in [-0.2, -0.15) is 0 Å².